The van der Waals surface area contributed by atoms with Crippen molar-refractivity contribution in [2.45, 2.75) is 32.7 Å². The lowest BCUT2D eigenvalue weighted by Crippen LogP contribution is -2.26. The predicted octanol–water partition coefficient (Wildman–Crippen LogP) is 3.38. The minimum atomic E-state index is -0.155. The number of rotatable bonds is 4. The highest BCUT2D eigenvalue weighted by molar-refractivity contribution is 6.31. The van der Waals surface area contributed by atoms with Crippen LogP contribution in [0.4, 0.5) is 11.6 Å². The van der Waals surface area contributed by atoms with Gasteiger partial charge in [-0.15, -0.1) is 0 Å². The number of nitrogens with zero attached hydrogens (tertiary/aromatic N) is 2. The number of aryl methyl sites for hydroxylation is 2. The molecule has 1 amide bonds. The zero-order chi connectivity index (χ0) is 15.7. The van der Waals surface area contributed by atoms with E-state index in [2.05, 4.69) is 20.6 Å². The number of halogens is 1. The first-order valence-electron chi connectivity index (χ1n) is 7.21. The number of nitrogens with one attached hydrogen (secondary N) is 2. The summed E-state index contributed by atoms with van der Waals surface area (Å²) in [7, 11) is 0. The Kier molecular flexibility index (Phi) is 3.98. The smallest absolute Gasteiger partial charge is 0.270 e. The molecule has 0 saturated heterocycles. The second kappa shape index (κ2) is 5.93. The summed E-state index contributed by atoms with van der Waals surface area (Å²) in [5.74, 6) is 0.235. The van der Waals surface area contributed by atoms with Gasteiger partial charge in [0.2, 0.25) is 5.95 Å². The Labute approximate surface area is 134 Å². The lowest BCUT2D eigenvalue weighted by molar-refractivity contribution is 0.0946. The van der Waals surface area contributed by atoms with E-state index in [0.717, 1.165) is 29.8 Å². The van der Waals surface area contributed by atoms with Gasteiger partial charge in [0.05, 0.1) is 0 Å². The van der Waals surface area contributed by atoms with E-state index < -0.39 is 0 Å². The van der Waals surface area contributed by atoms with Gasteiger partial charge >= 0.3 is 0 Å². The summed E-state index contributed by atoms with van der Waals surface area (Å²) in [5.41, 5.74) is 2.90. The van der Waals surface area contributed by atoms with Gasteiger partial charge in [0.1, 0.15) is 5.69 Å². The number of aromatic nitrogens is 2. The van der Waals surface area contributed by atoms with Crippen LogP contribution >= 0.6 is 11.6 Å². The number of carbonyl (C=O) groups is 1. The van der Waals surface area contributed by atoms with Gasteiger partial charge in [0.25, 0.3) is 5.91 Å². The summed E-state index contributed by atoms with van der Waals surface area (Å²) in [6.07, 6.45) is 2.09. The summed E-state index contributed by atoms with van der Waals surface area (Å²) < 4.78 is 0. The van der Waals surface area contributed by atoms with Gasteiger partial charge in [-0.25, -0.2) is 9.97 Å². The van der Waals surface area contributed by atoms with Crippen LogP contribution in [0.5, 0.6) is 0 Å². The van der Waals surface area contributed by atoms with Gasteiger partial charge in [-0.2, -0.15) is 0 Å². The largest absolute Gasteiger partial charge is 0.348 e. The maximum absolute atomic E-state index is 12.1. The Bertz CT molecular complexity index is 728. The molecule has 2 N–H and O–H groups in total. The normalized spacial score (nSPS) is 13.8. The Morgan fingerprint density at radius 2 is 2.00 bits per heavy atom. The monoisotopic (exact) mass is 316 g/mol. The highest BCUT2D eigenvalue weighted by Gasteiger charge is 2.24. The minimum Gasteiger partial charge on any atom is -0.348 e. The highest BCUT2D eigenvalue weighted by atomic mass is 35.5. The van der Waals surface area contributed by atoms with E-state index in [9.17, 15) is 4.79 Å². The fourth-order valence-electron chi connectivity index (χ4n) is 2.03. The molecule has 1 heterocycles. The fraction of sp³-hybridized carbons (Fsp3) is 0.312. The molecule has 1 saturated carbocycles. The van der Waals surface area contributed by atoms with Crippen molar-refractivity contribution in [3.8, 4) is 0 Å². The van der Waals surface area contributed by atoms with Gasteiger partial charge in [-0.05, 0) is 50.5 Å². The molecular formula is C16H17ClN4O. The molecule has 1 aromatic carbocycles. The Hall–Kier alpha value is -2.14. The third-order valence-corrected chi connectivity index (χ3v) is 3.83. The maximum Gasteiger partial charge on any atom is 0.270 e. The summed E-state index contributed by atoms with van der Waals surface area (Å²) >= 11 is 6.11. The highest BCUT2D eigenvalue weighted by Crippen LogP contribution is 2.22. The standard InChI is InChI=1S/C16H17ClN4O/c1-9-3-4-12(8-13(9)17)20-16-18-10(2)7-14(21-16)15(22)19-11-5-6-11/h3-4,7-8,11H,5-6H2,1-2H3,(H,19,22)(H,18,20,21). The molecule has 1 aliphatic carbocycles. The number of anilines is 2. The van der Waals surface area contributed by atoms with Crippen LogP contribution in [0.1, 0.15) is 34.6 Å². The Morgan fingerprint density at radius 1 is 1.23 bits per heavy atom. The molecule has 3 rings (SSSR count). The van der Waals surface area contributed by atoms with Crippen molar-refractivity contribution in [2.75, 3.05) is 5.32 Å². The molecule has 2 aromatic rings. The number of hydrogen-bond acceptors (Lipinski definition) is 4. The number of benzene rings is 1. The van der Waals surface area contributed by atoms with Gasteiger partial charge < -0.3 is 10.6 Å². The van der Waals surface area contributed by atoms with Gasteiger partial charge in [0.15, 0.2) is 0 Å². The van der Waals surface area contributed by atoms with Gasteiger partial charge in [0, 0.05) is 22.4 Å². The summed E-state index contributed by atoms with van der Waals surface area (Å²) in [5, 5.41) is 6.69. The molecule has 0 radical (unpaired) electrons. The molecular weight excluding hydrogens is 300 g/mol. The fourth-order valence-corrected chi connectivity index (χ4v) is 2.21. The van der Waals surface area contributed by atoms with Crippen LogP contribution in [-0.4, -0.2) is 21.9 Å². The minimum absolute atomic E-state index is 0.155. The lowest BCUT2D eigenvalue weighted by Gasteiger charge is -2.09. The van der Waals surface area contributed by atoms with Crippen molar-refractivity contribution < 1.29 is 4.79 Å². The second-order valence-electron chi connectivity index (χ2n) is 5.55. The van der Waals surface area contributed by atoms with E-state index in [1.165, 1.54) is 0 Å². The first kappa shape index (κ1) is 14.8. The first-order chi connectivity index (χ1) is 10.5. The van der Waals surface area contributed by atoms with Crippen LogP contribution in [0.25, 0.3) is 0 Å². The zero-order valence-corrected chi connectivity index (χ0v) is 13.2. The van der Waals surface area contributed by atoms with Crippen molar-refractivity contribution >= 4 is 29.1 Å². The molecule has 22 heavy (non-hydrogen) atoms. The van der Waals surface area contributed by atoms with Gasteiger partial charge in [-0.3, -0.25) is 4.79 Å². The average molecular weight is 317 g/mol. The summed E-state index contributed by atoms with van der Waals surface area (Å²) in [6.45, 7) is 3.78. The molecule has 0 atom stereocenters. The van der Waals surface area contributed by atoms with Crippen molar-refractivity contribution in [3.05, 3.63) is 46.2 Å². The first-order valence-corrected chi connectivity index (χ1v) is 7.59. The van der Waals surface area contributed by atoms with Crippen molar-refractivity contribution in [1.29, 1.82) is 0 Å². The number of hydrogen-bond donors (Lipinski definition) is 2. The molecule has 6 heteroatoms. The summed E-state index contributed by atoms with van der Waals surface area (Å²) in [4.78, 5) is 20.7. The second-order valence-corrected chi connectivity index (χ2v) is 5.96. The summed E-state index contributed by atoms with van der Waals surface area (Å²) in [6, 6.07) is 7.62. The van der Waals surface area contributed by atoms with E-state index in [1.54, 1.807) is 6.07 Å². The quantitative estimate of drug-likeness (QED) is 0.907. The van der Waals surface area contributed by atoms with Crippen LogP contribution in [0.2, 0.25) is 5.02 Å². The van der Waals surface area contributed by atoms with E-state index in [-0.39, 0.29) is 5.91 Å². The average Bonchev–Trinajstić information content (AvgIpc) is 3.26. The van der Waals surface area contributed by atoms with Crippen molar-refractivity contribution in [2.24, 2.45) is 0 Å². The van der Waals surface area contributed by atoms with Crippen LogP contribution < -0.4 is 10.6 Å². The molecule has 114 valence electrons. The van der Waals surface area contributed by atoms with E-state index in [4.69, 9.17) is 11.6 Å². The van der Waals surface area contributed by atoms with Crippen molar-refractivity contribution in [3.63, 3.8) is 0 Å². The Morgan fingerprint density at radius 3 is 2.68 bits per heavy atom. The number of amides is 1. The van der Waals surface area contributed by atoms with Crippen LogP contribution in [-0.2, 0) is 0 Å². The van der Waals surface area contributed by atoms with Gasteiger partial charge in [-0.1, -0.05) is 17.7 Å². The Balaban J connectivity index is 1.81. The predicted molar refractivity (Wildman–Crippen MR) is 86.7 cm³/mol. The molecule has 1 aromatic heterocycles. The zero-order valence-electron chi connectivity index (χ0n) is 12.5. The van der Waals surface area contributed by atoms with Crippen LogP contribution in [0.3, 0.4) is 0 Å². The maximum atomic E-state index is 12.1. The topological polar surface area (TPSA) is 66.9 Å². The lowest BCUT2D eigenvalue weighted by atomic mass is 10.2. The van der Waals surface area contributed by atoms with Crippen LogP contribution in [0.15, 0.2) is 24.3 Å². The molecule has 0 spiro atoms. The van der Waals surface area contributed by atoms with Crippen LogP contribution in [0, 0.1) is 13.8 Å². The molecule has 0 aliphatic heterocycles. The third kappa shape index (κ3) is 3.54. The molecule has 0 unspecified atom stereocenters. The molecule has 5 nitrogen and oxygen atoms in total. The van der Waals surface area contributed by atoms with E-state index in [1.807, 2.05) is 32.0 Å². The SMILES string of the molecule is Cc1cc(C(=O)NC2CC2)nc(Nc2ccc(C)c(Cl)c2)n1. The van der Waals surface area contributed by atoms with E-state index >= 15 is 0 Å². The molecule has 1 fully saturated rings. The number of carbonyl (C=O) groups excluding carboxylic acids is 1. The molecule has 1 aliphatic rings. The molecule has 0 bridgehead atoms. The van der Waals surface area contributed by atoms with E-state index in [0.29, 0.717) is 22.7 Å². The van der Waals surface area contributed by atoms with Crippen molar-refractivity contribution in [1.82, 2.24) is 15.3 Å². The third-order valence-electron chi connectivity index (χ3n) is 3.43.